The van der Waals surface area contributed by atoms with Crippen molar-refractivity contribution < 1.29 is 23.1 Å². The Bertz CT molecular complexity index is 475. The van der Waals surface area contributed by atoms with Crippen molar-refractivity contribution in [2.45, 2.75) is 33.2 Å². The summed E-state index contributed by atoms with van der Waals surface area (Å²) in [6.45, 7) is 7.11. The number of hydrogen-bond acceptors (Lipinski definition) is 4. The highest BCUT2D eigenvalue weighted by Crippen LogP contribution is 2.04. The summed E-state index contributed by atoms with van der Waals surface area (Å²) >= 11 is 0. The van der Waals surface area contributed by atoms with Crippen molar-refractivity contribution in [2.24, 2.45) is 5.92 Å². The van der Waals surface area contributed by atoms with E-state index in [1.54, 1.807) is 20.8 Å². The molecule has 8 nitrogen and oxygen atoms in total. The van der Waals surface area contributed by atoms with E-state index >= 15 is 0 Å². The van der Waals surface area contributed by atoms with Gasteiger partial charge in [0.2, 0.25) is 10.0 Å². The van der Waals surface area contributed by atoms with Crippen LogP contribution in [0.1, 0.15) is 27.7 Å². The molecule has 0 radical (unpaired) electrons. The third kappa shape index (κ3) is 8.51. The van der Waals surface area contributed by atoms with Gasteiger partial charge in [0.25, 0.3) is 0 Å². The molecule has 0 aromatic rings. The second kappa shape index (κ2) is 7.60. The molecule has 0 fully saturated rings. The Morgan fingerprint density at radius 3 is 2.24 bits per heavy atom. The van der Waals surface area contributed by atoms with Crippen LogP contribution in [-0.2, 0) is 14.8 Å². The van der Waals surface area contributed by atoms with Crippen molar-refractivity contribution in [3.05, 3.63) is 0 Å². The van der Waals surface area contributed by atoms with Crippen LogP contribution >= 0.6 is 0 Å². The largest absolute Gasteiger partial charge is 0.481 e. The molecule has 0 aliphatic heterocycles. The topological polar surface area (TPSA) is 116 Å². The van der Waals surface area contributed by atoms with Gasteiger partial charge in [-0.1, -0.05) is 6.92 Å². The molecule has 0 aromatic carbocycles. The van der Waals surface area contributed by atoms with E-state index in [1.807, 2.05) is 0 Å². The van der Waals surface area contributed by atoms with Crippen LogP contribution in [0.15, 0.2) is 0 Å². The van der Waals surface area contributed by atoms with Crippen molar-refractivity contribution in [1.29, 1.82) is 0 Å². The Hall–Kier alpha value is -1.35. The van der Waals surface area contributed by atoms with Crippen LogP contribution in [0.3, 0.4) is 0 Å². The zero-order valence-electron chi connectivity index (χ0n) is 13.1. The first-order valence-electron chi connectivity index (χ1n) is 6.62. The van der Waals surface area contributed by atoms with Crippen LogP contribution < -0.4 is 10.0 Å². The molecule has 21 heavy (non-hydrogen) atoms. The lowest BCUT2D eigenvalue weighted by molar-refractivity contribution is -0.141. The molecule has 0 rings (SSSR count). The molecule has 0 aliphatic carbocycles. The highest BCUT2D eigenvalue weighted by molar-refractivity contribution is 7.88. The van der Waals surface area contributed by atoms with Gasteiger partial charge in [0.15, 0.2) is 0 Å². The number of carbonyl (C=O) groups excluding carboxylic acids is 1. The minimum Gasteiger partial charge on any atom is -0.481 e. The number of rotatable bonds is 8. The zero-order chi connectivity index (χ0) is 16.8. The zero-order valence-corrected chi connectivity index (χ0v) is 14.0. The summed E-state index contributed by atoms with van der Waals surface area (Å²) in [6.07, 6.45) is 1.05. The van der Waals surface area contributed by atoms with E-state index in [9.17, 15) is 18.0 Å². The fourth-order valence-electron chi connectivity index (χ4n) is 1.71. The van der Waals surface area contributed by atoms with Gasteiger partial charge in [-0.25, -0.2) is 17.9 Å². The fourth-order valence-corrected chi connectivity index (χ4v) is 2.79. The molecule has 1 unspecified atom stereocenters. The predicted octanol–water partition coefficient (Wildman–Crippen LogP) is 0.0664. The molecule has 0 saturated heterocycles. The van der Waals surface area contributed by atoms with Gasteiger partial charge in [-0.15, -0.1) is 0 Å². The quantitative estimate of drug-likeness (QED) is 0.584. The van der Waals surface area contributed by atoms with E-state index < -0.39 is 33.5 Å². The Balaban J connectivity index is 4.55. The second-order valence-corrected chi connectivity index (χ2v) is 7.44. The smallest absolute Gasteiger partial charge is 0.317 e. The summed E-state index contributed by atoms with van der Waals surface area (Å²) in [7, 11) is -3.38. The van der Waals surface area contributed by atoms with Crippen LogP contribution in [-0.4, -0.2) is 61.9 Å². The van der Waals surface area contributed by atoms with Crippen LogP contribution in [0.25, 0.3) is 0 Å². The molecule has 0 spiro atoms. The van der Waals surface area contributed by atoms with Gasteiger partial charge in [0, 0.05) is 25.2 Å². The van der Waals surface area contributed by atoms with Crippen LogP contribution in [0.4, 0.5) is 4.79 Å². The third-order valence-corrected chi connectivity index (χ3v) is 3.65. The average molecular weight is 323 g/mol. The van der Waals surface area contributed by atoms with Crippen LogP contribution in [0, 0.1) is 5.92 Å². The molecule has 0 bridgehead atoms. The monoisotopic (exact) mass is 323 g/mol. The van der Waals surface area contributed by atoms with E-state index in [2.05, 4.69) is 10.0 Å². The van der Waals surface area contributed by atoms with Crippen molar-refractivity contribution in [3.8, 4) is 0 Å². The summed E-state index contributed by atoms with van der Waals surface area (Å²) in [5.41, 5.74) is -0.832. The van der Waals surface area contributed by atoms with Crippen molar-refractivity contribution in [2.75, 3.05) is 25.9 Å². The van der Waals surface area contributed by atoms with Crippen molar-refractivity contribution in [1.82, 2.24) is 14.9 Å². The first kappa shape index (κ1) is 19.7. The van der Waals surface area contributed by atoms with E-state index in [0.29, 0.717) is 6.54 Å². The number of hydrogen-bond donors (Lipinski definition) is 3. The standard InChI is InChI=1S/C12H25N3O5S/c1-6-15(7-9(2)10(16)17)11(18)13-8-12(3,4)14-21(5,19)20/h9,14H,6-8H2,1-5H3,(H,13,18)(H,16,17). The van der Waals surface area contributed by atoms with E-state index in [4.69, 9.17) is 5.11 Å². The maximum atomic E-state index is 12.0. The molecular formula is C12H25N3O5S. The van der Waals surface area contributed by atoms with Gasteiger partial charge < -0.3 is 15.3 Å². The molecule has 9 heteroatoms. The third-order valence-electron chi connectivity index (χ3n) is 2.73. The molecule has 0 heterocycles. The number of carboxylic acid groups (broad SMARTS) is 1. The number of amides is 2. The molecule has 3 N–H and O–H groups in total. The summed E-state index contributed by atoms with van der Waals surface area (Å²) < 4.78 is 24.8. The van der Waals surface area contributed by atoms with E-state index in [1.165, 1.54) is 11.8 Å². The number of nitrogens with one attached hydrogen (secondary N) is 2. The minimum absolute atomic E-state index is 0.0941. The fraction of sp³-hybridized carbons (Fsp3) is 0.833. The molecule has 0 saturated carbocycles. The first-order chi connectivity index (χ1) is 9.38. The molecule has 2 amide bonds. The lowest BCUT2D eigenvalue weighted by Gasteiger charge is -2.28. The second-order valence-electron chi connectivity index (χ2n) is 5.69. The lowest BCUT2D eigenvalue weighted by atomic mass is 10.1. The number of urea groups is 1. The Morgan fingerprint density at radius 1 is 1.33 bits per heavy atom. The minimum atomic E-state index is -3.38. The number of carboxylic acids is 1. The van der Waals surface area contributed by atoms with Gasteiger partial charge in [0.05, 0.1) is 12.2 Å². The summed E-state index contributed by atoms with van der Waals surface area (Å²) in [4.78, 5) is 24.2. The van der Waals surface area contributed by atoms with Gasteiger partial charge in [-0.05, 0) is 20.8 Å². The van der Waals surface area contributed by atoms with E-state index in [0.717, 1.165) is 6.26 Å². The molecule has 0 aromatic heterocycles. The van der Waals surface area contributed by atoms with Crippen LogP contribution in [0.5, 0.6) is 0 Å². The molecule has 1 atom stereocenters. The maximum absolute atomic E-state index is 12.0. The Morgan fingerprint density at radius 2 is 1.86 bits per heavy atom. The number of nitrogens with zero attached hydrogens (tertiary/aromatic N) is 1. The Kier molecular flexibility index (Phi) is 7.11. The summed E-state index contributed by atoms with van der Waals surface area (Å²) in [5, 5.41) is 11.5. The number of sulfonamides is 1. The maximum Gasteiger partial charge on any atom is 0.317 e. The van der Waals surface area contributed by atoms with Crippen molar-refractivity contribution in [3.63, 3.8) is 0 Å². The van der Waals surface area contributed by atoms with Gasteiger partial charge in [0.1, 0.15) is 0 Å². The van der Waals surface area contributed by atoms with E-state index in [-0.39, 0.29) is 13.1 Å². The normalized spacial score (nSPS) is 13.6. The van der Waals surface area contributed by atoms with Crippen molar-refractivity contribution >= 4 is 22.0 Å². The highest BCUT2D eigenvalue weighted by Gasteiger charge is 2.25. The molecular weight excluding hydrogens is 298 g/mol. The molecule has 124 valence electrons. The van der Waals surface area contributed by atoms with Gasteiger partial charge in [-0.3, -0.25) is 4.79 Å². The number of carbonyl (C=O) groups is 2. The van der Waals surface area contributed by atoms with Gasteiger partial charge in [-0.2, -0.15) is 0 Å². The SMILES string of the molecule is CCN(CC(C)C(=O)O)C(=O)NCC(C)(C)NS(C)(=O)=O. The first-order valence-corrected chi connectivity index (χ1v) is 8.51. The predicted molar refractivity (Wildman–Crippen MR) is 79.5 cm³/mol. The Labute approximate surface area is 125 Å². The van der Waals surface area contributed by atoms with Gasteiger partial charge >= 0.3 is 12.0 Å². The summed E-state index contributed by atoms with van der Waals surface area (Å²) in [5.74, 6) is -1.64. The number of aliphatic carboxylic acids is 1. The highest BCUT2D eigenvalue weighted by atomic mass is 32.2. The van der Waals surface area contributed by atoms with Crippen LogP contribution in [0.2, 0.25) is 0 Å². The average Bonchev–Trinajstić information content (AvgIpc) is 2.29. The lowest BCUT2D eigenvalue weighted by Crippen LogP contribution is -2.53. The summed E-state index contributed by atoms with van der Waals surface area (Å²) in [6, 6.07) is -0.422. The molecule has 0 aliphatic rings.